The number of halogens is 1. The zero-order valence-corrected chi connectivity index (χ0v) is 6.04. The molecular formula is C6H8FN3O. The van der Waals surface area contributed by atoms with Crippen LogP contribution in [0.5, 0.6) is 5.88 Å². The van der Waals surface area contributed by atoms with Crippen molar-refractivity contribution >= 4 is 0 Å². The minimum atomic E-state index is -0.579. The normalized spacial score (nSPS) is 9.73. The van der Waals surface area contributed by atoms with Crippen LogP contribution in [0.3, 0.4) is 0 Å². The smallest absolute Gasteiger partial charge is 0.253 e. The topological polar surface area (TPSA) is 61.0 Å². The molecule has 1 aromatic heterocycles. The summed E-state index contributed by atoms with van der Waals surface area (Å²) in [4.78, 5) is 7.29. The van der Waals surface area contributed by atoms with Gasteiger partial charge in [-0.2, -0.15) is 9.37 Å². The highest BCUT2D eigenvalue weighted by Gasteiger charge is 2.04. The zero-order valence-electron chi connectivity index (χ0n) is 6.04. The molecule has 0 atom stereocenters. The van der Waals surface area contributed by atoms with Crippen LogP contribution in [-0.2, 0) is 6.54 Å². The summed E-state index contributed by atoms with van der Waals surface area (Å²) in [6, 6.07) is 0. The van der Waals surface area contributed by atoms with Gasteiger partial charge >= 0.3 is 0 Å². The highest BCUT2D eigenvalue weighted by atomic mass is 19.1. The average Bonchev–Trinajstić information content (AvgIpc) is 2.05. The molecule has 0 spiro atoms. The van der Waals surface area contributed by atoms with E-state index in [9.17, 15) is 4.39 Å². The zero-order chi connectivity index (χ0) is 8.27. The Morgan fingerprint density at radius 1 is 1.73 bits per heavy atom. The van der Waals surface area contributed by atoms with E-state index < -0.39 is 5.82 Å². The lowest BCUT2D eigenvalue weighted by atomic mass is 10.5. The van der Waals surface area contributed by atoms with Crippen LogP contribution < -0.4 is 10.5 Å². The summed E-state index contributed by atoms with van der Waals surface area (Å²) in [7, 11) is 1.34. The summed E-state index contributed by atoms with van der Waals surface area (Å²) in [5.74, 6) is -0.284. The summed E-state index contributed by atoms with van der Waals surface area (Å²) >= 11 is 0. The fourth-order valence-corrected chi connectivity index (χ4v) is 0.627. The van der Waals surface area contributed by atoms with Crippen molar-refractivity contribution < 1.29 is 9.13 Å². The lowest BCUT2D eigenvalue weighted by molar-refractivity contribution is 0.364. The molecule has 0 bridgehead atoms. The average molecular weight is 157 g/mol. The number of rotatable bonds is 2. The number of ether oxygens (including phenoxy) is 1. The Kier molecular flexibility index (Phi) is 2.32. The maximum absolute atomic E-state index is 12.6. The highest BCUT2D eigenvalue weighted by molar-refractivity contribution is 5.11. The first-order valence-corrected chi connectivity index (χ1v) is 3.03. The van der Waals surface area contributed by atoms with Crippen LogP contribution in [0.2, 0.25) is 0 Å². The fourth-order valence-electron chi connectivity index (χ4n) is 0.627. The lowest BCUT2D eigenvalue weighted by Crippen LogP contribution is -2.05. The maximum Gasteiger partial charge on any atom is 0.253 e. The second-order valence-electron chi connectivity index (χ2n) is 1.85. The molecular weight excluding hydrogens is 149 g/mol. The Bertz CT molecular complexity index is 254. The molecule has 4 nitrogen and oxygen atoms in total. The Labute approximate surface area is 63.2 Å². The van der Waals surface area contributed by atoms with Crippen molar-refractivity contribution in [3.05, 3.63) is 17.8 Å². The van der Waals surface area contributed by atoms with Crippen molar-refractivity contribution in [3.63, 3.8) is 0 Å². The van der Waals surface area contributed by atoms with Gasteiger partial charge in [0.1, 0.15) is 5.82 Å². The van der Waals surface area contributed by atoms with E-state index in [0.29, 0.717) is 5.82 Å². The van der Waals surface area contributed by atoms with Crippen molar-refractivity contribution in [2.45, 2.75) is 6.54 Å². The molecule has 5 heteroatoms. The van der Waals surface area contributed by atoms with Gasteiger partial charge in [0.2, 0.25) is 5.82 Å². The third-order valence-electron chi connectivity index (χ3n) is 1.14. The second-order valence-corrected chi connectivity index (χ2v) is 1.85. The third kappa shape index (κ3) is 1.62. The molecule has 11 heavy (non-hydrogen) atoms. The van der Waals surface area contributed by atoms with Crippen LogP contribution in [0.25, 0.3) is 0 Å². The summed E-state index contributed by atoms with van der Waals surface area (Å²) in [5.41, 5.74) is 5.22. The van der Waals surface area contributed by atoms with E-state index in [0.717, 1.165) is 6.20 Å². The van der Waals surface area contributed by atoms with Gasteiger partial charge in [-0.3, -0.25) is 0 Å². The summed E-state index contributed by atoms with van der Waals surface area (Å²) in [6.45, 7) is 0.177. The van der Waals surface area contributed by atoms with Gasteiger partial charge in [0.25, 0.3) is 5.88 Å². The number of hydrogen-bond donors (Lipinski definition) is 1. The number of nitrogens with zero attached hydrogens (tertiary/aromatic N) is 2. The molecule has 0 aliphatic carbocycles. The lowest BCUT2D eigenvalue weighted by Gasteiger charge is -2.00. The molecule has 0 unspecified atom stereocenters. The van der Waals surface area contributed by atoms with Crippen LogP contribution in [0.1, 0.15) is 5.82 Å². The van der Waals surface area contributed by atoms with Gasteiger partial charge in [-0.25, -0.2) is 4.98 Å². The fraction of sp³-hybridized carbons (Fsp3) is 0.333. The van der Waals surface area contributed by atoms with Gasteiger partial charge in [-0.1, -0.05) is 0 Å². The van der Waals surface area contributed by atoms with Gasteiger partial charge in [-0.05, 0) is 0 Å². The molecule has 0 aromatic carbocycles. The Balaban J connectivity index is 3.02. The predicted octanol–water partition coefficient (Wildman–Crippen LogP) is 0.0830. The van der Waals surface area contributed by atoms with Gasteiger partial charge in [0.05, 0.1) is 19.9 Å². The Morgan fingerprint density at radius 2 is 2.45 bits per heavy atom. The molecule has 60 valence electrons. The first kappa shape index (κ1) is 7.87. The SMILES string of the molecule is COc1nc(CN)ncc1F. The molecule has 0 amide bonds. The molecule has 0 fully saturated rings. The summed E-state index contributed by atoms with van der Waals surface area (Å²) in [5, 5.41) is 0. The van der Waals surface area contributed by atoms with Crippen molar-refractivity contribution in [2.75, 3.05) is 7.11 Å². The third-order valence-corrected chi connectivity index (χ3v) is 1.14. The number of aromatic nitrogens is 2. The first-order valence-electron chi connectivity index (χ1n) is 3.03. The van der Waals surface area contributed by atoms with E-state index in [1.54, 1.807) is 0 Å². The van der Waals surface area contributed by atoms with Gasteiger partial charge in [0, 0.05) is 0 Å². The van der Waals surface area contributed by atoms with E-state index in [4.69, 9.17) is 5.73 Å². The molecule has 1 aromatic rings. The first-order chi connectivity index (χ1) is 5.27. The quantitative estimate of drug-likeness (QED) is 0.660. The van der Waals surface area contributed by atoms with E-state index in [1.807, 2.05) is 0 Å². The van der Waals surface area contributed by atoms with E-state index in [1.165, 1.54) is 7.11 Å². The van der Waals surface area contributed by atoms with E-state index in [2.05, 4.69) is 14.7 Å². The van der Waals surface area contributed by atoms with Crippen molar-refractivity contribution in [3.8, 4) is 5.88 Å². The Hall–Kier alpha value is -1.23. The molecule has 0 saturated carbocycles. The molecule has 1 rings (SSSR count). The van der Waals surface area contributed by atoms with Gasteiger partial charge < -0.3 is 10.5 Å². The molecule has 1 heterocycles. The largest absolute Gasteiger partial charge is 0.479 e. The maximum atomic E-state index is 12.6. The van der Waals surface area contributed by atoms with Crippen molar-refractivity contribution in [1.29, 1.82) is 0 Å². The molecule has 0 aliphatic heterocycles. The monoisotopic (exact) mass is 157 g/mol. The molecule has 0 radical (unpaired) electrons. The minimum absolute atomic E-state index is 0.0690. The standard InChI is InChI=1S/C6H8FN3O/c1-11-6-4(7)3-9-5(2-8)10-6/h3H,2,8H2,1H3. The highest BCUT2D eigenvalue weighted by Crippen LogP contribution is 2.10. The Morgan fingerprint density at radius 3 is 3.00 bits per heavy atom. The second kappa shape index (κ2) is 3.25. The summed E-state index contributed by atoms with van der Waals surface area (Å²) < 4.78 is 17.2. The van der Waals surface area contributed by atoms with Gasteiger partial charge in [-0.15, -0.1) is 0 Å². The van der Waals surface area contributed by atoms with E-state index in [-0.39, 0.29) is 12.4 Å². The number of hydrogen-bond acceptors (Lipinski definition) is 4. The van der Waals surface area contributed by atoms with Crippen molar-refractivity contribution in [1.82, 2.24) is 9.97 Å². The molecule has 0 aliphatic rings. The van der Waals surface area contributed by atoms with Crippen LogP contribution in [0, 0.1) is 5.82 Å². The summed E-state index contributed by atoms with van der Waals surface area (Å²) in [6.07, 6.45) is 1.04. The van der Waals surface area contributed by atoms with Crippen LogP contribution in [0.15, 0.2) is 6.20 Å². The van der Waals surface area contributed by atoms with Crippen LogP contribution in [-0.4, -0.2) is 17.1 Å². The van der Waals surface area contributed by atoms with E-state index >= 15 is 0 Å². The van der Waals surface area contributed by atoms with Gasteiger partial charge in [0.15, 0.2) is 0 Å². The number of methoxy groups -OCH3 is 1. The van der Waals surface area contributed by atoms with Crippen LogP contribution >= 0.6 is 0 Å². The number of nitrogens with two attached hydrogens (primary N) is 1. The predicted molar refractivity (Wildman–Crippen MR) is 36.4 cm³/mol. The van der Waals surface area contributed by atoms with Crippen molar-refractivity contribution in [2.24, 2.45) is 5.73 Å². The minimum Gasteiger partial charge on any atom is -0.479 e. The molecule has 0 saturated heterocycles. The molecule has 2 N–H and O–H groups in total. The van der Waals surface area contributed by atoms with Crippen LogP contribution in [0.4, 0.5) is 4.39 Å².